The molecular formula is C30H32N2O5. The number of ketones is 1. The van der Waals surface area contributed by atoms with Crippen molar-refractivity contribution in [1.29, 1.82) is 0 Å². The third kappa shape index (κ3) is 5.84. The van der Waals surface area contributed by atoms with Crippen LogP contribution in [0.15, 0.2) is 78.4 Å². The van der Waals surface area contributed by atoms with Crippen molar-refractivity contribution in [2.75, 3.05) is 34.3 Å². The first-order valence-electron chi connectivity index (χ1n) is 12.1. The number of Topliss-reactive ketones (excluding diaryl/α,β-unsaturated/α-hetero) is 1. The maximum Gasteiger partial charge on any atom is 0.295 e. The molecule has 0 aromatic heterocycles. The second kappa shape index (κ2) is 11.3. The van der Waals surface area contributed by atoms with E-state index in [-0.39, 0.29) is 11.3 Å². The number of aryl methyl sites for hydroxylation is 1. The predicted molar refractivity (Wildman–Crippen MR) is 143 cm³/mol. The van der Waals surface area contributed by atoms with E-state index in [0.717, 1.165) is 11.1 Å². The largest absolute Gasteiger partial charge is 0.507 e. The number of amides is 1. The number of ether oxygens (including phenoxy) is 2. The van der Waals surface area contributed by atoms with E-state index in [1.807, 2.05) is 50.2 Å². The van der Waals surface area contributed by atoms with Crippen LogP contribution in [0.5, 0.6) is 11.5 Å². The Labute approximate surface area is 217 Å². The molecule has 0 bridgehead atoms. The van der Waals surface area contributed by atoms with Gasteiger partial charge in [0.05, 0.1) is 18.7 Å². The normalized spacial score (nSPS) is 16.9. The molecule has 1 N–H and O–H groups in total. The Kier molecular flexibility index (Phi) is 7.94. The summed E-state index contributed by atoms with van der Waals surface area (Å²) in [5.41, 5.74) is 3.40. The molecule has 0 saturated carbocycles. The lowest BCUT2D eigenvalue weighted by molar-refractivity contribution is -0.140. The van der Waals surface area contributed by atoms with Crippen molar-refractivity contribution in [3.63, 3.8) is 0 Å². The third-order valence-electron chi connectivity index (χ3n) is 6.35. The minimum atomic E-state index is -0.729. The van der Waals surface area contributed by atoms with E-state index >= 15 is 0 Å². The summed E-state index contributed by atoms with van der Waals surface area (Å²) in [6.45, 7) is 3.35. The highest BCUT2D eigenvalue weighted by molar-refractivity contribution is 6.46. The van der Waals surface area contributed by atoms with Crippen LogP contribution in [0.1, 0.15) is 28.3 Å². The molecule has 3 aromatic rings. The van der Waals surface area contributed by atoms with Crippen molar-refractivity contribution in [2.45, 2.75) is 19.6 Å². The molecule has 4 rings (SSSR count). The van der Waals surface area contributed by atoms with Gasteiger partial charge in [0.25, 0.3) is 11.7 Å². The van der Waals surface area contributed by atoms with E-state index in [1.165, 1.54) is 4.90 Å². The first kappa shape index (κ1) is 26.0. The van der Waals surface area contributed by atoms with E-state index in [9.17, 15) is 14.7 Å². The average Bonchev–Trinajstić information content (AvgIpc) is 3.15. The number of rotatable bonds is 9. The van der Waals surface area contributed by atoms with E-state index in [0.29, 0.717) is 42.3 Å². The number of carbonyl (C=O) groups is 2. The van der Waals surface area contributed by atoms with Crippen molar-refractivity contribution in [3.8, 4) is 11.5 Å². The second-order valence-corrected chi connectivity index (χ2v) is 9.37. The first-order valence-corrected chi connectivity index (χ1v) is 12.1. The molecule has 192 valence electrons. The number of aliphatic hydroxyl groups is 1. The molecule has 3 aromatic carbocycles. The van der Waals surface area contributed by atoms with Gasteiger partial charge >= 0.3 is 0 Å². The van der Waals surface area contributed by atoms with Gasteiger partial charge in [-0.1, -0.05) is 42.0 Å². The third-order valence-corrected chi connectivity index (χ3v) is 6.35. The zero-order chi connectivity index (χ0) is 26.5. The Balaban J connectivity index is 1.66. The Bertz CT molecular complexity index is 1310. The fraction of sp³-hybridized carbons (Fsp3) is 0.267. The molecule has 37 heavy (non-hydrogen) atoms. The molecule has 1 aliphatic rings. The van der Waals surface area contributed by atoms with Crippen molar-refractivity contribution in [2.24, 2.45) is 0 Å². The molecule has 0 radical (unpaired) electrons. The highest BCUT2D eigenvalue weighted by Gasteiger charge is 2.46. The van der Waals surface area contributed by atoms with Gasteiger partial charge in [-0.3, -0.25) is 9.59 Å². The molecule has 1 fully saturated rings. The van der Waals surface area contributed by atoms with Gasteiger partial charge < -0.3 is 24.4 Å². The molecule has 1 unspecified atom stereocenters. The molecule has 0 aliphatic carbocycles. The number of carbonyl (C=O) groups excluding carboxylic acids is 2. The Morgan fingerprint density at radius 3 is 2.38 bits per heavy atom. The zero-order valence-corrected chi connectivity index (χ0v) is 21.6. The van der Waals surface area contributed by atoms with Gasteiger partial charge in [-0.05, 0) is 68.5 Å². The maximum absolute atomic E-state index is 13.2. The lowest BCUT2D eigenvalue weighted by Crippen LogP contribution is -2.35. The van der Waals surface area contributed by atoms with Crippen LogP contribution in [-0.2, 0) is 16.2 Å². The molecule has 1 amide bonds. The van der Waals surface area contributed by atoms with Crippen LogP contribution in [0.2, 0.25) is 0 Å². The highest BCUT2D eigenvalue weighted by Crippen LogP contribution is 2.40. The summed E-state index contributed by atoms with van der Waals surface area (Å²) in [6.07, 6.45) is 0. The molecule has 7 nitrogen and oxygen atoms in total. The van der Waals surface area contributed by atoms with Crippen molar-refractivity contribution in [1.82, 2.24) is 9.80 Å². The summed E-state index contributed by atoms with van der Waals surface area (Å²) >= 11 is 0. The van der Waals surface area contributed by atoms with E-state index in [4.69, 9.17) is 9.47 Å². The van der Waals surface area contributed by atoms with Gasteiger partial charge in [0.1, 0.15) is 23.9 Å². The van der Waals surface area contributed by atoms with Crippen LogP contribution in [-0.4, -0.2) is 60.9 Å². The standard InChI is InChI=1S/C30H32N2O5/c1-20-7-5-8-21(17-20)19-37-24-13-11-22(12-14-24)28(33)26-27(23-9-6-10-25(18-23)36-4)32(16-15-31(2)3)30(35)29(26)34/h5-14,17-18,27,33H,15-16,19H2,1-4H3/b28-26+. The minimum absolute atomic E-state index is 0.0606. The summed E-state index contributed by atoms with van der Waals surface area (Å²) in [6, 6.07) is 21.4. The Morgan fingerprint density at radius 2 is 1.70 bits per heavy atom. The summed E-state index contributed by atoms with van der Waals surface area (Å²) in [4.78, 5) is 29.7. The quantitative estimate of drug-likeness (QED) is 0.264. The molecule has 1 aliphatic heterocycles. The van der Waals surface area contributed by atoms with E-state index in [1.54, 1.807) is 49.6 Å². The van der Waals surface area contributed by atoms with Gasteiger partial charge in [0.15, 0.2) is 0 Å². The van der Waals surface area contributed by atoms with Crippen LogP contribution >= 0.6 is 0 Å². The minimum Gasteiger partial charge on any atom is -0.507 e. The van der Waals surface area contributed by atoms with Gasteiger partial charge in [-0.2, -0.15) is 0 Å². The first-order chi connectivity index (χ1) is 17.8. The fourth-order valence-electron chi connectivity index (χ4n) is 4.41. The number of nitrogens with zero attached hydrogens (tertiary/aromatic N) is 2. The lowest BCUT2D eigenvalue weighted by atomic mass is 9.95. The number of hydrogen-bond acceptors (Lipinski definition) is 6. The summed E-state index contributed by atoms with van der Waals surface area (Å²) < 4.78 is 11.3. The Hall–Kier alpha value is -4.10. The van der Waals surface area contributed by atoms with Crippen molar-refractivity contribution >= 4 is 17.4 Å². The van der Waals surface area contributed by atoms with Gasteiger partial charge in [-0.25, -0.2) is 0 Å². The summed E-state index contributed by atoms with van der Waals surface area (Å²) in [5, 5.41) is 11.3. The van der Waals surface area contributed by atoms with E-state index in [2.05, 4.69) is 6.07 Å². The molecule has 1 atom stereocenters. The summed E-state index contributed by atoms with van der Waals surface area (Å²) in [5.74, 6) is -0.318. The van der Waals surface area contributed by atoms with E-state index < -0.39 is 17.7 Å². The SMILES string of the molecule is COc1cccc(C2/C(=C(\O)c3ccc(OCc4cccc(C)c4)cc3)C(=O)C(=O)N2CCN(C)C)c1. The van der Waals surface area contributed by atoms with Crippen molar-refractivity contribution in [3.05, 3.63) is 101 Å². The molecule has 0 spiro atoms. The van der Waals surface area contributed by atoms with Crippen molar-refractivity contribution < 1.29 is 24.2 Å². The molecule has 1 saturated heterocycles. The number of likely N-dealkylation sites (N-methyl/N-ethyl adjacent to an activating group) is 1. The number of aliphatic hydroxyl groups excluding tert-OH is 1. The Morgan fingerprint density at radius 1 is 0.973 bits per heavy atom. The second-order valence-electron chi connectivity index (χ2n) is 9.37. The number of benzene rings is 3. The maximum atomic E-state index is 13.2. The van der Waals surface area contributed by atoms with Crippen LogP contribution in [0.25, 0.3) is 5.76 Å². The number of methoxy groups -OCH3 is 1. The van der Waals surface area contributed by atoms with Crippen LogP contribution in [0.3, 0.4) is 0 Å². The fourth-order valence-corrected chi connectivity index (χ4v) is 4.41. The molecule has 1 heterocycles. The smallest absolute Gasteiger partial charge is 0.295 e. The van der Waals surface area contributed by atoms with Gasteiger partial charge in [0, 0.05) is 18.7 Å². The van der Waals surface area contributed by atoms with Gasteiger partial charge in [0.2, 0.25) is 0 Å². The summed E-state index contributed by atoms with van der Waals surface area (Å²) in [7, 11) is 5.37. The lowest BCUT2D eigenvalue weighted by Gasteiger charge is -2.26. The van der Waals surface area contributed by atoms with Crippen LogP contribution in [0.4, 0.5) is 0 Å². The molecule has 7 heteroatoms. The predicted octanol–water partition coefficient (Wildman–Crippen LogP) is 4.57. The number of hydrogen-bond donors (Lipinski definition) is 1. The monoisotopic (exact) mass is 500 g/mol. The van der Waals surface area contributed by atoms with Gasteiger partial charge in [-0.15, -0.1) is 0 Å². The topological polar surface area (TPSA) is 79.3 Å². The average molecular weight is 501 g/mol. The number of likely N-dealkylation sites (tertiary alicyclic amines) is 1. The van der Waals surface area contributed by atoms with Crippen LogP contribution < -0.4 is 9.47 Å². The molecular weight excluding hydrogens is 468 g/mol. The van der Waals surface area contributed by atoms with Crippen LogP contribution in [0, 0.1) is 6.92 Å². The highest BCUT2D eigenvalue weighted by atomic mass is 16.5. The zero-order valence-electron chi connectivity index (χ0n) is 21.6.